The van der Waals surface area contributed by atoms with Crippen LogP contribution < -0.4 is 14.8 Å². The number of amides is 1. The van der Waals surface area contributed by atoms with Gasteiger partial charge in [-0.3, -0.25) is 9.52 Å². The lowest BCUT2D eigenvalue weighted by Crippen LogP contribution is -2.23. The van der Waals surface area contributed by atoms with Gasteiger partial charge < -0.3 is 10.1 Å². The van der Waals surface area contributed by atoms with Crippen molar-refractivity contribution in [3.63, 3.8) is 0 Å². The van der Waals surface area contributed by atoms with Crippen LogP contribution in [0.1, 0.15) is 35.7 Å². The van der Waals surface area contributed by atoms with E-state index in [1.807, 2.05) is 12.1 Å². The van der Waals surface area contributed by atoms with E-state index >= 15 is 0 Å². The number of carbonyl (C=O) groups excluding carboxylic acids is 1. The molecule has 0 bridgehead atoms. The number of nitrogens with zero attached hydrogens (tertiary/aromatic N) is 1. The van der Waals surface area contributed by atoms with Crippen LogP contribution in [0.2, 0.25) is 0 Å². The van der Waals surface area contributed by atoms with E-state index in [1.54, 1.807) is 54.6 Å². The van der Waals surface area contributed by atoms with Crippen molar-refractivity contribution in [1.82, 2.24) is 10.3 Å². The number of benzene rings is 2. The number of rotatable bonds is 9. The van der Waals surface area contributed by atoms with Gasteiger partial charge >= 0.3 is 0 Å². The Kier molecular flexibility index (Phi) is 7.27. The molecular weight excluding hydrogens is 426 g/mol. The molecule has 2 aromatic carbocycles. The van der Waals surface area contributed by atoms with Crippen LogP contribution in [0.4, 0.5) is 5.69 Å². The molecule has 0 saturated carbocycles. The third-order valence-corrected chi connectivity index (χ3v) is 5.99. The minimum atomic E-state index is -3.69. The Morgan fingerprint density at radius 1 is 1.06 bits per heavy atom. The highest BCUT2D eigenvalue weighted by Crippen LogP contribution is 2.24. The molecule has 0 radical (unpaired) electrons. The van der Waals surface area contributed by atoms with Gasteiger partial charge in [-0.05, 0) is 53.9 Å². The number of nitrogens with one attached hydrogen (secondary N) is 2. The Labute approximate surface area is 188 Å². The van der Waals surface area contributed by atoms with Crippen molar-refractivity contribution in [1.29, 1.82) is 0 Å². The Bertz CT molecular complexity index is 1170. The van der Waals surface area contributed by atoms with Crippen molar-refractivity contribution in [2.75, 3.05) is 11.3 Å². The Balaban J connectivity index is 1.63. The zero-order valence-corrected chi connectivity index (χ0v) is 18.7. The summed E-state index contributed by atoms with van der Waals surface area (Å²) in [4.78, 5) is 16.2. The summed E-state index contributed by atoms with van der Waals surface area (Å²) >= 11 is 0. The predicted molar refractivity (Wildman–Crippen MR) is 125 cm³/mol. The number of pyridine rings is 1. The third-order valence-electron chi connectivity index (χ3n) is 4.59. The fourth-order valence-electron chi connectivity index (χ4n) is 2.80. The van der Waals surface area contributed by atoms with Gasteiger partial charge in [0, 0.05) is 24.5 Å². The molecule has 0 atom stereocenters. The van der Waals surface area contributed by atoms with Crippen LogP contribution in [0.25, 0.3) is 0 Å². The van der Waals surface area contributed by atoms with E-state index in [1.165, 1.54) is 6.20 Å². The second-order valence-electron chi connectivity index (χ2n) is 7.34. The zero-order chi connectivity index (χ0) is 23.1. The van der Waals surface area contributed by atoms with Crippen LogP contribution in [0.5, 0.6) is 11.6 Å². The van der Waals surface area contributed by atoms with Gasteiger partial charge in [0.2, 0.25) is 5.88 Å². The lowest BCUT2D eigenvalue weighted by molar-refractivity contribution is 0.0957. The van der Waals surface area contributed by atoms with Crippen molar-refractivity contribution in [2.45, 2.75) is 24.7 Å². The molecule has 166 valence electrons. The smallest absolute Gasteiger partial charge is 0.261 e. The first-order valence-electron chi connectivity index (χ1n) is 10.0. The highest BCUT2D eigenvalue weighted by atomic mass is 32.2. The number of hydrogen-bond donors (Lipinski definition) is 2. The van der Waals surface area contributed by atoms with Crippen molar-refractivity contribution in [2.24, 2.45) is 0 Å². The quantitative estimate of drug-likeness (QED) is 0.459. The van der Waals surface area contributed by atoms with Gasteiger partial charge in [0.05, 0.1) is 10.5 Å². The van der Waals surface area contributed by atoms with Gasteiger partial charge in [-0.2, -0.15) is 0 Å². The lowest BCUT2D eigenvalue weighted by atomic mass is 10.0. The van der Waals surface area contributed by atoms with Crippen LogP contribution in [-0.2, 0) is 10.0 Å². The Morgan fingerprint density at radius 3 is 2.31 bits per heavy atom. The maximum absolute atomic E-state index is 12.6. The number of anilines is 1. The van der Waals surface area contributed by atoms with Gasteiger partial charge in [-0.1, -0.05) is 32.1 Å². The van der Waals surface area contributed by atoms with Crippen molar-refractivity contribution < 1.29 is 17.9 Å². The monoisotopic (exact) mass is 451 g/mol. The number of ether oxygens (including phenoxy) is 1. The molecule has 3 aromatic rings. The fraction of sp³-hybridized carbons (Fsp3) is 0.167. The van der Waals surface area contributed by atoms with Crippen LogP contribution in [0.15, 0.2) is 84.4 Å². The molecule has 3 rings (SSSR count). The van der Waals surface area contributed by atoms with Gasteiger partial charge in [0.1, 0.15) is 5.75 Å². The normalized spacial score (nSPS) is 11.1. The highest BCUT2D eigenvalue weighted by Gasteiger charge is 2.14. The van der Waals surface area contributed by atoms with Gasteiger partial charge in [-0.25, -0.2) is 13.4 Å². The molecule has 32 heavy (non-hydrogen) atoms. The SMILES string of the molecule is C=CCNC(=O)c1ccc(Oc2ccc(NS(=O)(=O)c3ccc(C(C)C)cc3)cc2)nc1. The summed E-state index contributed by atoms with van der Waals surface area (Å²) in [6.45, 7) is 8.02. The van der Waals surface area contributed by atoms with Crippen LogP contribution in [-0.4, -0.2) is 25.9 Å². The molecule has 1 heterocycles. The maximum Gasteiger partial charge on any atom is 0.261 e. The molecule has 1 aromatic heterocycles. The summed E-state index contributed by atoms with van der Waals surface area (Å²) in [6, 6.07) is 16.5. The molecule has 2 N–H and O–H groups in total. The van der Waals surface area contributed by atoms with E-state index < -0.39 is 10.0 Å². The number of aromatic nitrogens is 1. The molecule has 7 nitrogen and oxygen atoms in total. The van der Waals surface area contributed by atoms with Gasteiger partial charge in [0.25, 0.3) is 15.9 Å². The number of hydrogen-bond acceptors (Lipinski definition) is 5. The van der Waals surface area contributed by atoms with E-state index in [2.05, 4.69) is 35.4 Å². The molecule has 0 aliphatic rings. The summed E-state index contributed by atoms with van der Waals surface area (Å²) in [5.74, 6) is 0.862. The van der Waals surface area contributed by atoms with E-state index in [-0.39, 0.29) is 10.8 Å². The minimum Gasteiger partial charge on any atom is -0.439 e. The van der Waals surface area contributed by atoms with Gasteiger partial charge in [0.15, 0.2) is 0 Å². The second kappa shape index (κ2) is 10.1. The summed E-state index contributed by atoms with van der Waals surface area (Å²) in [5.41, 5.74) is 1.89. The second-order valence-corrected chi connectivity index (χ2v) is 9.02. The first-order valence-corrected chi connectivity index (χ1v) is 11.5. The predicted octanol–water partition coefficient (Wildman–Crippen LogP) is 4.71. The topological polar surface area (TPSA) is 97.4 Å². The molecule has 1 amide bonds. The fourth-order valence-corrected chi connectivity index (χ4v) is 3.86. The molecule has 0 saturated heterocycles. The van der Waals surface area contributed by atoms with Crippen LogP contribution in [0.3, 0.4) is 0 Å². The van der Waals surface area contributed by atoms with Crippen molar-refractivity contribution in [3.05, 3.63) is 90.6 Å². The molecule has 0 fully saturated rings. The molecular formula is C24H25N3O4S. The van der Waals surface area contributed by atoms with E-state index in [0.717, 1.165) is 5.56 Å². The van der Waals surface area contributed by atoms with Gasteiger partial charge in [-0.15, -0.1) is 6.58 Å². The molecule has 0 aliphatic carbocycles. The molecule has 8 heteroatoms. The summed E-state index contributed by atoms with van der Waals surface area (Å²) in [5, 5.41) is 2.67. The van der Waals surface area contributed by atoms with E-state index in [4.69, 9.17) is 4.74 Å². The van der Waals surface area contributed by atoms with Crippen molar-refractivity contribution >= 4 is 21.6 Å². The standard InChI is InChI=1S/C24H25N3O4S/c1-4-15-25-24(28)19-7-14-23(26-16-19)31-21-10-8-20(9-11-21)27-32(29,30)22-12-5-18(6-13-22)17(2)3/h4-14,16-17,27H,1,15H2,2-3H3,(H,25,28). The molecule has 0 spiro atoms. The number of carbonyl (C=O) groups is 1. The summed E-state index contributed by atoms with van der Waals surface area (Å²) in [6.07, 6.45) is 3.01. The molecule has 0 unspecified atom stereocenters. The average Bonchev–Trinajstić information content (AvgIpc) is 2.79. The lowest BCUT2D eigenvalue weighted by Gasteiger charge is -2.11. The van der Waals surface area contributed by atoms with Crippen molar-refractivity contribution in [3.8, 4) is 11.6 Å². The Hall–Kier alpha value is -3.65. The largest absolute Gasteiger partial charge is 0.439 e. The maximum atomic E-state index is 12.6. The first kappa shape index (κ1) is 23.0. The summed E-state index contributed by atoms with van der Waals surface area (Å²) in [7, 11) is -3.69. The number of sulfonamides is 1. The van der Waals surface area contributed by atoms with E-state index in [0.29, 0.717) is 35.3 Å². The van der Waals surface area contributed by atoms with Crippen LogP contribution in [0, 0.1) is 0 Å². The highest BCUT2D eigenvalue weighted by molar-refractivity contribution is 7.92. The van der Waals surface area contributed by atoms with Crippen LogP contribution >= 0.6 is 0 Å². The third kappa shape index (κ3) is 5.95. The zero-order valence-electron chi connectivity index (χ0n) is 17.9. The average molecular weight is 452 g/mol. The molecule has 0 aliphatic heterocycles. The Morgan fingerprint density at radius 2 is 1.75 bits per heavy atom. The first-order chi connectivity index (χ1) is 15.3. The summed E-state index contributed by atoms with van der Waals surface area (Å²) < 4.78 is 33.5. The minimum absolute atomic E-state index is 0.198. The van der Waals surface area contributed by atoms with E-state index in [9.17, 15) is 13.2 Å².